The number of esters is 1. The van der Waals surface area contributed by atoms with Crippen molar-refractivity contribution in [2.75, 3.05) is 20.3 Å². The largest absolute Gasteiger partial charge is 0.497 e. The normalized spacial score (nSPS) is 13.5. The smallest absolute Gasteiger partial charge is 0.337 e. The number of ether oxygens (including phenoxy) is 3. The fourth-order valence-electron chi connectivity index (χ4n) is 1.66. The van der Waals surface area contributed by atoms with Crippen LogP contribution in [-0.4, -0.2) is 48.7 Å². The zero-order valence-electron chi connectivity index (χ0n) is 12.3. The van der Waals surface area contributed by atoms with Gasteiger partial charge >= 0.3 is 5.97 Å². The minimum Gasteiger partial charge on any atom is -0.497 e. The van der Waals surface area contributed by atoms with Crippen LogP contribution < -0.4 is 4.74 Å². The first-order chi connectivity index (χ1) is 10.1. The lowest BCUT2D eigenvalue weighted by Crippen LogP contribution is -2.36. The first-order valence-corrected chi connectivity index (χ1v) is 6.82. The summed E-state index contributed by atoms with van der Waals surface area (Å²) in [4.78, 5) is 11.2. The van der Waals surface area contributed by atoms with E-state index in [2.05, 4.69) is 4.74 Å². The predicted molar refractivity (Wildman–Crippen MR) is 75.9 cm³/mol. The molecule has 6 nitrogen and oxygen atoms in total. The van der Waals surface area contributed by atoms with Crippen LogP contribution >= 0.6 is 0 Å². The topological polar surface area (TPSA) is 85.2 Å². The van der Waals surface area contributed by atoms with Crippen molar-refractivity contribution in [1.29, 1.82) is 0 Å². The number of carbonyl (C=O) groups excluding carboxylic acids is 1. The molecule has 2 atom stereocenters. The molecule has 1 aromatic rings. The van der Waals surface area contributed by atoms with Crippen molar-refractivity contribution in [3.05, 3.63) is 29.8 Å². The Morgan fingerprint density at radius 3 is 2.48 bits per heavy atom. The van der Waals surface area contributed by atoms with Crippen molar-refractivity contribution in [2.45, 2.75) is 32.2 Å². The van der Waals surface area contributed by atoms with E-state index in [1.165, 1.54) is 0 Å². The highest BCUT2D eigenvalue weighted by Crippen LogP contribution is 2.12. The molecular formula is C15H22O6. The number of methoxy groups -OCH3 is 1. The van der Waals surface area contributed by atoms with Crippen molar-refractivity contribution < 1.29 is 29.2 Å². The summed E-state index contributed by atoms with van der Waals surface area (Å²) in [6.07, 6.45) is -2.58. The van der Waals surface area contributed by atoms with E-state index in [0.29, 0.717) is 6.61 Å². The summed E-state index contributed by atoms with van der Waals surface area (Å²) >= 11 is 0. The Labute approximate surface area is 124 Å². The average molecular weight is 298 g/mol. The van der Waals surface area contributed by atoms with E-state index in [1.807, 2.05) is 24.3 Å². The van der Waals surface area contributed by atoms with E-state index in [-0.39, 0.29) is 19.6 Å². The van der Waals surface area contributed by atoms with E-state index < -0.39 is 18.2 Å². The fourth-order valence-corrected chi connectivity index (χ4v) is 1.66. The van der Waals surface area contributed by atoms with Gasteiger partial charge in [0.05, 0.1) is 26.4 Å². The Morgan fingerprint density at radius 2 is 1.90 bits per heavy atom. The van der Waals surface area contributed by atoms with Crippen LogP contribution in [0, 0.1) is 0 Å². The van der Waals surface area contributed by atoms with Crippen LogP contribution in [0.3, 0.4) is 0 Å². The van der Waals surface area contributed by atoms with Gasteiger partial charge in [-0.2, -0.15) is 0 Å². The molecule has 1 aromatic carbocycles. The van der Waals surface area contributed by atoms with E-state index in [4.69, 9.17) is 9.47 Å². The summed E-state index contributed by atoms with van der Waals surface area (Å²) in [5.74, 6) is -0.0492. The third-order valence-electron chi connectivity index (χ3n) is 2.88. The second-order valence-corrected chi connectivity index (χ2v) is 4.45. The van der Waals surface area contributed by atoms with Gasteiger partial charge in [0, 0.05) is 6.61 Å². The Hall–Kier alpha value is -1.63. The Bertz CT molecular complexity index is 417. The Kier molecular flexibility index (Phi) is 7.74. The predicted octanol–water partition coefficient (Wildman–Crippen LogP) is 0.887. The quantitative estimate of drug-likeness (QED) is 0.520. The minimum absolute atomic E-state index is 0.149. The van der Waals surface area contributed by atoms with Gasteiger partial charge in [-0.15, -0.1) is 0 Å². The first kappa shape index (κ1) is 17.4. The SMILES string of the molecule is CCOC(=O)[C@H](O)[C@@H](O)CCOCc1ccc(OC)cc1. The number of carbonyl (C=O) groups is 1. The molecule has 0 saturated heterocycles. The maximum atomic E-state index is 11.2. The van der Waals surface area contributed by atoms with Crippen LogP contribution in [0.4, 0.5) is 0 Å². The van der Waals surface area contributed by atoms with Gasteiger partial charge in [0.25, 0.3) is 0 Å². The Balaban J connectivity index is 2.24. The van der Waals surface area contributed by atoms with Crippen molar-refractivity contribution in [3.63, 3.8) is 0 Å². The molecule has 0 aliphatic carbocycles. The summed E-state index contributed by atoms with van der Waals surface area (Å²) in [7, 11) is 1.60. The number of aliphatic hydroxyl groups is 2. The van der Waals surface area contributed by atoms with Crippen LogP contribution in [0.1, 0.15) is 18.9 Å². The molecule has 1 rings (SSSR count). The van der Waals surface area contributed by atoms with E-state index in [1.54, 1.807) is 14.0 Å². The molecule has 0 unspecified atom stereocenters. The van der Waals surface area contributed by atoms with Gasteiger partial charge in [-0.05, 0) is 31.0 Å². The van der Waals surface area contributed by atoms with Crippen molar-refractivity contribution in [1.82, 2.24) is 0 Å². The van der Waals surface area contributed by atoms with E-state index in [9.17, 15) is 15.0 Å². The molecule has 0 aromatic heterocycles. The summed E-state index contributed by atoms with van der Waals surface area (Å²) in [6.45, 7) is 2.40. The van der Waals surface area contributed by atoms with Crippen LogP contribution in [0.25, 0.3) is 0 Å². The fraction of sp³-hybridized carbons (Fsp3) is 0.533. The average Bonchev–Trinajstić information content (AvgIpc) is 2.51. The molecule has 21 heavy (non-hydrogen) atoms. The van der Waals surface area contributed by atoms with Crippen molar-refractivity contribution in [3.8, 4) is 5.75 Å². The van der Waals surface area contributed by atoms with Gasteiger partial charge in [-0.1, -0.05) is 12.1 Å². The summed E-state index contributed by atoms with van der Waals surface area (Å²) in [6, 6.07) is 7.42. The first-order valence-electron chi connectivity index (χ1n) is 6.82. The number of hydrogen-bond acceptors (Lipinski definition) is 6. The van der Waals surface area contributed by atoms with Gasteiger partial charge in [-0.25, -0.2) is 4.79 Å². The highest BCUT2D eigenvalue weighted by molar-refractivity contribution is 5.75. The molecule has 0 amide bonds. The maximum Gasteiger partial charge on any atom is 0.337 e. The van der Waals surface area contributed by atoms with Crippen LogP contribution in [0.2, 0.25) is 0 Å². The number of aliphatic hydroxyl groups excluding tert-OH is 2. The molecule has 0 spiro atoms. The zero-order valence-corrected chi connectivity index (χ0v) is 12.3. The number of rotatable bonds is 9. The van der Waals surface area contributed by atoms with Gasteiger partial charge < -0.3 is 24.4 Å². The minimum atomic E-state index is -1.53. The molecule has 0 radical (unpaired) electrons. The molecule has 0 saturated carbocycles. The standard InChI is InChI=1S/C15H22O6/c1-3-21-15(18)14(17)13(16)8-9-20-10-11-4-6-12(19-2)7-5-11/h4-7,13-14,16-17H,3,8-10H2,1-2H3/t13-,14+/m0/s1. The van der Waals surface area contributed by atoms with Gasteiger partial charge in [-0.3, -0.25) is 0 Å². The van der Waals surface area contributed by atoms with Gasteiger partial charge in [0.1, 0.15) is 5.75 Å². The van der Waals surface area contributed by atoms with Gasteiger partial charge in [0.15, 0.2) is 6.10 Å². The molecular weight excluding hydrogens is 276 g/mol. The lowest BCUT2D eigenvalue weighted by atomic mass is 10.1. The third-order valence-corrected chi connectivity index (χ3v) is 2.88. The Morgan fingerprint density at radius 1 is 1.24 bits per heavy atom. The summed E-state index contributed by atoms with van der Waals surface area (Å²) in [5.41, 5.74) is 0.969. The molecule has 6 heteroatoms. The third kappa shape index (κ3) is 6.12. The lowest BCUT2D eigenvalue weighted by molar-refractivity contribution is -0.159. The summed E-state index contributed by atoms with van der Waals surface area (Å²) < 4.78 is 15.1. The molecule has 0 aliphatic rings. The molecule has 2 N–H and O–H groups in total. The molecule has 0 heterocycles. The van der Waals surface area contributed by atoms with Crippen LogP contribution in [0.15, 0.2) is 24.3 Å². The maximum absolute atomic E-state index is 11.2. The second kappa shape index (κ2) is 9.33. The highest BCUT2D eigenvalue weighted by Gasteiger charge is 2.24. The summed E-state index contributed by atoms with van der Waals surface area (Å²) in [5, 5.41) is 19.1. The van der Waals surface area contributed by atoms with E-state index in [0.717, 1.165) is 11.3 Å². The van der Waals surface area contributed by atoms with Crippen LogP contribution in [0.5, 0.6) is 5.75 Å². The monoisotopic (exact) mass is 298 g/mol. The number of hydrogen-bond donors (Lipinski definition) is 2. The molecule has 118 valence electrons. The van der Waals surface area contributed by atoms with Crippen molar-refractivity contribution in [2.24, 2.45) is 0 Å². The van der Waals surface area contributed by atoms with Crippen LogP contribution in [-0.2, 0) is 20.9 Å². The molecule has 0 bridgehead atoms. The van der Waals surface area contributed by atoms with Gasteiger partial charge in [0.2, 0.25) is 0 Å². The lowest BCUT2D eigenvalue weighted by Gasteiger charge is -2.16. The molecule has 0 aliphatic heterocycles. The number of benzene rings is 1. The zero-order chi connectivity index (χ0) is 15.7. The highest BCUT2D eigenvalue weighted by atomic mass is 16.5. The van der Waals surface area contributed by atoms with Crippen molar-refractivity contribution >= 4 is 5.97 Å². The van der Waals surface area contributed by atoms with E-state index >= 15 is 0 Å². The second-order valence-electron chi connectivity index (χ2n) is 4.45. The molecule has 0 fully saturated rings.